The molecule has 0 saturated heterocycles. The van der Waals surface area contributed by atoms with Crippen LogP contribution in [-0.4, -0.2) is 18.4 Å². The van der Waals surface area contributed by atoms with E-state index < -0.39 is 35.2 Å². The third-order valence-corrected chi connectivity index (χ3v) is 4.92. The lowest BCUT2D eigenvalue weighted by Crippen LogP contribution is -2.34. The lowest BCUT2D eigenvalue weighted by molar-refractivity contribution is -0.151. The zero-order valence-corrected chi connectivity index (χ0v) is 15.3. The Hall–Kier alpha value is -2.53. The average molecular weight is 391 g/mol. The Morgan fingerprint density at radius 2 is 1.89 bits per heavy atom. The van der Waals surface area contributed by atoms with Gasteiger partial charge in [0.1, 0.15) is 17.6 Å². The third-order valence-electron chi connectivity index (χ3n) is 4.59. The van der Waals surface area contributed by atoms with E-state index in [9.17, 15) is 18.4 Å². The molecule has 2 aromatic rings. The van der Waals surface area contributed by atoms with Crippen LogP contribution in [0.5, 0.6) is 0 Å². The van der Waals surface area contributed by atoms with Gasteiger partial charge < -0.3 is 4.74 Å². The predicted octanol–water partition coefficient (Wildman–Crippen LogP) is 4.94. The number of carbonyl (C=O) groups is 2. The summed E-state index contributed by atoms with van der Waals surface area (Å²) in [5.74, 6) is -4.17. The van der Waals surface area contributed by atoms with Crippen molar-refractivity contribution < 1.29 is 23.1 Å². The summed E-state index contributed by atoms with van der Waals surface area (Å²) in [6, 6.07) is 9.86. The van der Waals surface area contributed by atoms with Gasteiger partial charge in [0.05, 0.1) is 6.61 Å². The Morgan fingerprint density at radius 1 is 1.19 bits per heavy atom. The van der Waals surface area contributed by atoms with E-state index in [0.29, 0.717) is 11.1 Å². The summed E-state index contributed by atoms with van der Waals surface area (Å²) in [5, 5.41) is 0.141. The Morgan fingerprint density at radius 3 is 2.52 bits per heavy atom. The Balaban J connectivity index is 2.09. The van der Waals surface area contributed by atoms with E-state index in [1.54, 1.807) is 19.1 Å². The van der Waals surface area contributed by atoms with Gasteiger partial charge in [0.2, 0.25) is 0 Å². The van der Waals surface area contributed by atoms with Crippen molar-refractivity contribution in [1.82, 2.24) is 0 Å². The summed E-state index contributed by atoms with van der Waals surface area (Å²) >= 11 is 6.20. The minimum Gasteiger partial charge on any atom is -0.465 e. The van der Waals surface area contributed by atoms with Crippen LogP contribution < -0.4 is 0 Å². The monoisotopic (exact) mass is 390 g/mol. The van der Waals surface area contributed by atoms with E-state index in [1.807, 2.05) is 0 Å². The maximum absolute atomic E-state index is 14.6. The fourth-order valence-electron chi connectivity index (χ4n) is 3.38. The number of ether oxygens (including phenoxy) is 1. The topological polar surface area (TPSA) is 43.4 Å². The fourth-order valence-corrected chi connectivity index (χ4v) is 3.69. The molecule has 0 fully saturated rings. The van der Waals surface area contributed by atoms with Gasteiger partial charge in [0.15, 0.2) is 5.78 Å². The average Bonchev–Trinajstić information content (AvgIpc) is 2.62. The minimum atomic E-state index is -1.18. The molecular formula is C21H17ClF2O3. The molecule has 27 heavy (non-hydrogen) atoms. The quantitative estimate of drug-likeness (QED) is 0.548. The number of hydrogen-bond acceptors (Lipinski definition) is 3. The first-order chi connectivity index (χ1) is 12.9. The number of benzene rings is 2. The zero-order chi connectivity index (χ0) is 19.6. The highest BCUT2D eigenvalue weighted by molar-refractivity contribution is 6.31. The lowest BCUT2D eigenvalue weighted by atomic mass is 9.73. The van der Waals surface area contributed by atoms with Crippen LogP contribution >= 0.6 is 11.6 Å². The third kappa shape index (κ3) is 3.93. The van der Waals surface area contributed by atoms with E-state index in [0.717, 1.165) is 0 Å². The maximum atomic E-state index is 14.6. The van der Waals surface area contributed by atoms with Crippen molar-refractivity contribution in [1.29, 1.82) is 0 Å². The van der Waals surface area contributed by atoms with Crippen LogP contribution in [0.2, 0.25) is 5.02 Å². The van der Waals surface area contributed by atoms with Gasteiger partial charge in [0.25, 0.3) is 0 Å². The molecular weight excluding hydrogens is 374 g/mol. The lowest BCUT2D eigenvalue weighted by Gasteiger charge is -2.30. The van der Waals surface area contributed by atoms with Gasteiger partial charge in [0, 0.05) is 16.5 Å². The van der Waals surface area contributed by atoms with E-state index >= 15 is 0 Å². The van der Waals surface area contributed by atoms with Gasteiger partial charge in [-0.1, -0.05) is 29.8 Å². The van der Waals surface area contributed by atoms with Crippen molar-refractivity contribution in [3.63, 3.8) is 0 Å². The van der Waals surface area contributed by atoms with Crippen LogP contribution in [-0.2, 0) is 14.3 Å². The number of rotatable bonds is 4. The minimum absolute atomic E-state index is 0.106. The van der Waals surface area contributed by atoms with Gasteiger partial charge in [-0.05, 0) is 54.8 Å². The summed E-state index contributed by atoms with van der Waals surface area (Å²) in [4.78, 5) is 25.2. The molecule has 0 amide bonds. The second-order valence-electron chi connectivity index (χ2n) is 6.25. The van der Waals surface area contributed by atoms with E-state index in [2.05, 4.69) is 0 Å². The molecule has 0 unspecified atom stereocenters. The molecule has 0 heterocycles. The maximum Gasteiger partial charge on any atom is 0.317 e. The highest BCUT2D eigenvalue weighted by atomic mass is 35.5. The molecule has 1 aliphatic rings. The summed E-state index contributed by atoms with van der Waals surface area (Å²) in [6.07, 6.45) is 1.54. The first-order valence-electron chi connectivity index (χ1n) is 8.53. The van der Waals surface area contributed by atoms with E-state index in [1.165, 1.54) is 36.4 Å². The molecule has 3 rings (SSSR count). The van der Waals surface area contributed by atoms with Crippen molar-refractivity contribution in [2.24, 2.45) is 5.92 Å². The van der Waals surface area contributed by atoms with E-state index in [-0.39, 0.29) is 23.6 Å². The number of halogens is 3. The predicted molar refractivity (Wildman–Crippen MR) is 98.3 cm³/mol. The fraction of sp³-hybridized carbons (Fsp3) is 0.238. The van der Waals surface area contributed by atoms with Crippen molar-refractivity contribution in [2.75, 3.05) is 6.61 Å². The molecule has 140 valence electrons. The molecule has 0 radical (unpaired) electrons. The summed E-state index contributed by atoms with van der Waals surface area (Å²) < 4.78 is 32.8. The van der Waals surface area contributed by atoms with Gasteiger partial charge in [-0.3, -0.25) is 9.59 Å². The van der Waals surface area contributed by atoms with Crippen molar-refractivity contribution in [2.45, 2.75) is 19.3 Å². The first-order valence-corrected chi connectivity index (χ1v) is 8.91. The standard InChI is InChI=1S/C21H17ClF2O3/c1-2-27-21(26)20-15(19-16(22)4-3-5-17(19)24)10-13(11-18(20)25)12-6-8-14(23)9-7-12/h3-9,11,15,20H,2,10H2,1H3/t15-,20-/m0/s1. The molecule has 0 saturated carbocycles. The second-order valence-corrected chi connectivity index (χ2v) is 6.66. The van der Waals surface area contributed by atoms with Crippen LogP contribution in [0.1, 0.15) is 30.4 Å². The highest BCUT2D eigenvalue weighted by Crippen LogP contribution is 2.43. The zero-order valence-electron chi connectivity index (χ0n) is 14.5. The second kappa shape index (κ2) is 8.01. The van der Waals surface area contributed by atoms with E-state index in [4.69, 9.17) is 16.3 Å². The number of esters is 1. The molecule has 6 heteroatoms. The molecule has 0 aliphatic heterocycles. The first kappa shape index (κ1) is 19.2. The van der Waals surface area contributed by atoms with Crippen molar-refractivity contribution >= 4 is 28.9 Å². The van der Waals surface area contributed by atoms with Crippen LogP contribution in [0.3, 0.4) is 0 Å². The number of carbonyl (C=O) groups excluding carboxylic acids is 2. The summed E-state index contributed by atoms with van der Waals surface area (Å²) in [6.45, 7) is 1.74. The Kier molecular flexibility index (Phi) is 5.71. The molecule has 1 aliphatic carbocycles. The molecule has 3 nitrogen and oxygen atoms in total. The SMILES string of the molecule is CCOC(=O)[C@@H]1C(=O)C=C(c2ccc(F)cc2)C[C@H]1c1c(F)cccc1Cl. The molecule has 0 N–H and O–H groups in total. The number of allylic oxidation sites excluding steroid dienone is 2. The van der Waals surface area contributed by atoms with Crippen molar-refractivity contribution in [3.8, 4) is 0 Å². The van der Waals surface area contributed by atoms with Gasteiger partial charge in [-0.25, -0.2) is 8.78 Å². The molecule has 0 spiro atoms. The smallest absolute Gasteiger partial charge is 0.317 e. The Bertz CT molecular complexity index is 886. The van der Waals surface area contributed by atoms with Crippen LogP contribution in [0, 0.1) is 17.6 Å². The van der Waals surface area contributed by atoms with Gasteiger partial charge in [-0.15, -0.1) is 0 Å². The normalized spacial score (nSPS) is 19.6. The van der Waals surface area contributed by atoms with Crippen LogP contribution in [0.4, 0.5) is 8.78 Å². The molecule has 2 atom stereocenters. The number of hydrogen-bond donors (Lipinski definition) is 0. The molecule has 0 bridgehead atoms. The van der Waals surface area contributed by atoms with Crippen molar-refractivity contribution in [3.05, 3.63) is 76.3 Å². The number of ketones is 1. The highest BCUT2D eigenvalue weighted by Gasteiger charge is 2.41. The summed E-state index contributed by atoms with van der Waals surface area (Å²) in [7, 11) is 0. The summed E-state index contributed by atoms with van der Waals surface area (Å²) in [5.41, 5.74) is 1.33. The Labute approximate surface area is 160 Å². The molecule has 0 aromatic heterocycles. The van der Waals surface area contributed by atoms with Crippen LogP contribution in [0.25, 0.3) is 5.57 Å². The van der Waals surface area contributed by atoms with Gasteiger partial charge >= 0.3 is 5.97 Å². The van der Waals surface area contributed by atoms with Gasteiger partial charge in [-0.2, -0.15) is 0 Å². The largest absolute Gasteiger partial charge is 0.465 e. The van der Waals surface area contributed by atoms with Crippen LogP contribution in [0.15, 0.2) is 48.5 Å². The molecule has 2 aromatic carbocycles.